The second-order valence-electron chi connectivity index (χ2n) is 4.91. The third-order valence-corrected chi connectivity index (χ3v) is 3.40. The summed E-state index contributed by atoms with van der Waals surface area (Å²) in [5.74, 6) is 0.238. The van der Waals surface area contributed by atoms with Crippen molar-refractivity contribution in [3.05, 3.63) is 35.9 Å². The highest BCUT2D eigenvalue weighted by Crippen LogP contribution is 2.32. The average Bonchev–Trinajstić information content (AvgIpc) is 3.22. The molecule has 0 saturated heterocycles. The Hall–Kier alpha value is -2.10. The summed E-state index contributed by atoms with van der Waals surface area (Å²) < 4.78 is 5.58. The fourth-order valence-electron chi connectivity index (χ4n) is 2.14. The normalized spacial score (nSPS) is 14.5. The SMILES string of the molecule is O=C(O)c1cc(OCCC2CC2)nc2ccccc12. The Morgan fingerprint density at radius 2 is 2.16 bits per heavy atom. The Kier molecular flexibility index (Phi) is 3.07. The van der Waals surface area contributed by atoms with Crippen LogP contribution in [0, 0.1) is 5.92 Å². The molecule has 0 amide bonds. The van der Waals surface area contributed by atoms with E-state index in [0.717, 1.165) is 12.3 Å². The number of carbonyl (C=O) groups is 1. The second kappa shape index (κ2) is 4.88. The minimum absolute atomic E-state index is 0.243. The Bertz CT molecular complexity index is 620. The van der Waals surface area contributed by atoms with Crippen molar-refractivity contribution in [1.82, 2.24) is 4.98 Å². The van der Waals surface area contributed by atoms with E-state index < -0.39 is 5.97 Å². The molecule has 1 fully saturated rings. The van der Waals surface area contributed by atoms with E-state index in [-0.39, 0.29) is 5.56 Å². The minimum atomic E-state index is -0.953. The van der Waals surface area contributed by atoms with Crippen LogP contribution in [0.2, 0.25) is 0 Å². The third-order valence-electron chi connectivity index (χ3n) is 3.40. The molecule has 1 aliphatic carbocycles. The van der Waals surface area contributed by atoms with E-state index in [2.05, 4.69) is 4.98 Å². The van der Waals surface area contributed by atoms with Crippen molar-refractivity contribution in [3.63, 3.8) is 0 Å². The summed E-state index contributed by atoms with van der Waals surface area (Å²) in [5, 5.41) is 9.89. The molecule has 0 bridgehead atoms. The van der Waals surface area contributed by atoms with E-state index in [1.54, 1.807) is 12.1 Å². The Morgan fingerprint density at radius 3 is 2.89 bits per heavy atom. The fourth-order valence-corrected chi connectivity index (χ4v) is 2.14. The van der Waals surface area contributed by atoms with Crippen LogP contribution in [0.5, 0.6) is 5.88 Å². The summed E-state index contributed by atoms with van der Waals surface area (Å²) >= 11 is 0. The molecule has 19 heavy (non-hydrogen) atoms. The predicted molar refractivity (Wildman–Crippen MR) is 71.5 cm³/mol. The maximum atomic E-state index is 11.3. The van der Waals surface area contributed by atoms with Crippen molar-refractivity contribution in [3.8, 4) is 5.88 Å². The maximum absolute atomic E-state index is 11.3. The molecular weight excluding hydrogens is 242 g/mol. The van der Waals surface area contributed by atoms with Gasteiger partial charge < -0.3 is 9.84 Å². The molecule has 0 atom stereocenters. The summed E-state index contributed by atoms with van der Waals surface area (Å²) in [7, 11) is 0. The molecule has 1 saturated carbocycles. The second-order valence-corrected chi connectivity index (χ2v) is 4.91. The van der Waals surface area contributed by atoms with Crippen LogP contribution < -0.4 is 4.74 Å². The van der Waals surface area contributed by atoms with Gasteiger partial charge in [0.15, 0.2) is 0 Å². The van der Waals surface area contributed by atoms with Gasteiger partial charge in [0.1, 0.15) is 0 Å². The van der Waals surface area contributed by atoms with Gasteiger partial charge in [-0.25, -0.2) is 9.78 Å². The fraction of sp³-hybridized carbons (Fsp3) is 0.333. The van der Waals surface area contributed by atoms with Gasteiger partial charge in [-0.3, -0.25) is 0 Å². The number of aromatic carboxylic acids is 1. The van der Waals surface area contributed by atoms with Crippen LogP contribution in [-0.2, 0) is 0 Å². The van der Waals surface area contributed by atoms with Gasteiger partial charge in [0.25, 0.3) is 0 Å². The molecule has 4 nitrogen and oxygen atoms in total. The number of rotatable bonds is 5. The number of fused-ring (bicyclic) bond motifs is 1. The van der Waals surface area contributed by atoms with E-state index in [9.17, 15) is 9.90 Å². The number of ether oxygens (including phenoxy) is 1. The van der Waals surface area contributed by atoms with Crippen LogP contribution in [0.15, 0.2) is 30.3 Å². The highest BCUT2D eigenvalue weighted by molar-refractivity contribution is 6.02. The van der Waals surface area contributed by atoms with Gasteiger partial charge in [0, 0.05) is 11.5 Å². The van der Waals surface area contributed by atoms with Crippen molar-refractivity contribution in [1.29, 1.82) is 0 Å². The molecule has 0 aliphatic heterocycles. The number of nitrogens with zero attached hydrogens (tertiary/aromatic N) is 1. The first-order valence-electron chi connectivity index (χ1n) is 6.50. The van der Waals surface area contributed by atoms with Gasteiger partial charge in [0.05, 0.1) is 17.7 Å². The Balaban J connectivity index is 1.88. The number of carboxylic acids is 1. The van der Waals surface area contributed by atoms with Gasteiger partial charge >= 0.3 is 5.97 Å². The number of hydrogen-bond acceptors (Lipinski definition) is 3. The number of aromatic nitrogens is 1. The lowest BCUT2D eigenvalue weighted by Crippen LogP contribution is -2.04. The van der Waals surface area contributed by atoms with Crippen molar-refractivity contribution < 1.29 is 14.6 Å². The maximum Gasteiger partial charge on any atom is 0.336 e. The first-order valence-corrected chi connectivity index (χ1v) is 6.50. The zero-order valence-corrected chi connectivity index (χ0v) is 10.5. The summed E-state index contributed by atoms with van der Waals surface area (Å²) in [5.41, 5.74) is 0.899. The molecule has 0 unspecified atom stereocenters. The topological polar surface area (TPSA) is 59.4 Å². The van der Waals surface area contributed by atoms with Gasteiger partial charge in [-0.1, -0.05) is 31.0 Å². The zero-order chi connectivity index (χ0) is 13.2. The molecule has 3 rings (SSSR count). The van der Waals surface area contributed by atoms with Gasteiger partial charge in [-0.05, 0) is 18.4 Å². The van der Waals surface area contributed by atoms with Gasteiger partial charge in [-0.15, -0.1) is 0 Å². The number of benzene rings is 1. The summed E-state index contributed by atoms with van der Waals surface area (Å²) in [6.07, 6.45) is 3.60. The molecule has 1 aliphatic rings. The number of carboxylic acid groups (broad SMARTS) is 1. The molecule has 1 aromatic carbocycles. The van der Waals surface area contributed by atoms with Crippen LogP contribution in [0.3, 0.4) is 0 Å². The summed E-state index contributed by atoms with van der Waals surface area (Å²) in [6.45, 7) is 0.606. The summed E-state index contributed by atoms with van der Waals surface area (Å²) in [6, 6.07) is 8.73. The lowest BCUT2D eigenvalue weighted by atomic mass is 10.1. The Morgan fingerprint density at radius 1 is 1.37 bits per heavy atom. The van der Waals surface area contributed by atoms with Crippen LogP contribution in [-0.4, -0.2) is 22.7 Å². The quantitative estimate of drug-likeness (QED) is 0.894. The zero-order valence-electron chi connectivity index (χ0n) is 10.5. The summed E-state index contributed by atoms with van der Waals surface area (Å²) in [4.78, 5) is 15.6. The van der Waals surface area contributed by atoms with E-state index in [1.807, 2.05) is 12.1 Å². The standard InChI is InChI=1S/C15H15NO3/c17-15(18)12-9-14(19-8-7-10-5-6-10)16-13-4-2-1-3-11(12)13/h1-4,9-10H,5-8H2,(H,17,18). The molecule has 0 spiro atoms. The third kappa shape index (κ3) is 2.67. The smallest absolute Gasteiger partial charge is 0.336 e. The van der Waals surface area contributed by atoms with Crippen molar-refractivity contribution in [2.45, 2.75) is 19.3 Å². The lowest BCUT2D eigenvalue weighted by molar-refractivity contribution is 0.0698. The van der Waals surface area contributed by atoms with Crippen LogP contribution in [0.4, 0.5) is 0 Å². The molecular formula is C15H15NO3. The molecule has 1 heterocycles. The first-order chi connectivity index (χ1) is 9.24. The highest BCUT2D eigenvalue weighted by atomic mass is 16.5. The molecule has 0 radical (unpaired) electrons. The number of hydrogen-bond donors (Lipinski definition) is 1. The van der Waals surface area contributed by atoms with Crippen molar-refractivity contribution in [2.24, 2.45) is 5.92 Å². The van der Waals surface area contributed by atoms with E-state index in [1.165, 1.54) is 18.9 Å². The van der Waals surface area contributed by atoms with E-state index >= 15 is 0 Å². The van der Waals surface area contributed by atoms with Gasteiger partial charge in [0.2, 0.25) is 5.88 Å². The lowest BCUT2D eigenvalue weighted by Gasteiger charge is -2.08. The van der Waals surface area contributed by atoms with Crippen LogP contribution >= 0.6 is 0 Å². The van der Waals surface area contributed by atoms with Crippen LogP contribution in [0.1, 0.15) is 29.6 Å². The number of pyridine rings is 1. The highest BCUT2D eigenvalue weighted by Gasteiger charge is 2.21. The van der Waals surface area contributed by atoms with E-state index in [4.69, 9.17) is 4.74 Å². The van der Waals surface area contributed by atoms with Crippen molar-refractivity contribution >= 4 is 16.9 Å². The molecule has 2 aromatic rings. The van der Waals surface area contributed by atoms with Crippen molar-refractivity contribution in [2.75, 3.05) is 6.61 Å². The van der Waals surface area contributed by atoms with Crippen LogP contribution in [0.25, 0.3) is 10.9 Å². The Labute approximate surface area is 111 Å². The molecule has 1 N–H and O–H groups in total. The monoisotopic (exact) mass is 257 g/mol. The minimum Gasteiger partial charge on any atom is -0.478 e. The van der Waals surface area contributed by atoms with Gasteiger partial charge in [-0.2, -0.15) is 0 Å². The number of para-hydroxylation sites is 1. The average molecular weight is 257 g/mol. The largest absolute Gasteiger partial charge is 0.478 e. The molecule has 1 aromatic heterocycles. The van der Waals surface area contributed by atoms with E-state index in [0.29, 0.717) is 23.4 Å². The molecule has 4 heteroatoms. The first kappa shape index (κ1) is 12.0. The molecule has 98 valence electrons. The predicted octanol–water partition coefficient (Wildman–Crippen LogP) is 3.11.